The minimum atomic E-state index is 0.580. The Morgan fingerprint density at radius 1 is 1.25 bits per heavy atom. The van der Waals surface area contributed by atoms with E-state index in [0.717, 1.165) is 11.8 Å². The minimum absolute atomic E-state index is 0.580. The van der Waals surface area contributed by atoms with E-state index in [9.17, 15) is 0 Å². The quantitative estimate of drug-likeness (QED) is 0.582. The van der Waals surface area contributed by atoms with Crippen LogP contribution in [-0.2, 0) is 0 Å². The fourth-order valence-electron chi connectivity index (χ4n) is 3.09. The summed E-state index contributed by atoms with van der Waals surface area (Å²) in [5.74, 6) is 1.82. The van der Waals surface area contributed by atoms with Gasteiger partial charge in [0.2, 0.25) is 0 Å². The van der Waals surface area contributed by atoms with E-state index in [1.165, 1.54) is 12.8 Å². The minimum Gasteiger partial charge on any atom is -0.0648 e. The highest BCUT2D eigenvalue weighted by atomic mass is 14.6. The highest BCUT2D eigenvalue weighted by Crippen LogP contribution is 2.64. The van der Waals surface area contributed by atoms with Crippen molar-refractivity contribution in [2.24, 2.45) is 22.7 Å². The van der Waals surface area contributed by atoms with E-state index >= 15 is 0 Å². The van der Waals surface area contributed by atoms with Crippen LogP contribution < -0.4 is 0 Å². The molecule has 1 aliphatic rings. The van der Waals surface area contributed by atoms with E-state index < -0.39 is 0 Å². The predicted octanol–water partition coefficient (Wildman–Crippen LogP) is 4.10. The molecule has 0 spiro atoms. The van der Waals surface area contributed by atoms with Crippen LogP contribution >= 0.6 is 0 Å². The van der Waals surface area contributed by atoms with Crippen molar-refractivity contribution in [3.8, 4) is 0 Å². The third kappa shape index (κ3) is 1.11. The van der Waals surface area contributed by atoms with Crippen LogP contribution in [-0.4, -0.2) is 0 Å². The molecule has 0 aromatic carbocycles. The van der Waals surface area contributed by atoms with E-state index in [1.54, 1.807) is 0 Å². The molecule has 0 nitrogen and oxygen atoms in total. The van der Waals surface area contributed by atoms with Gasteiger partial charge in [0.15, 0.2) is 0 Å². The third-order valence-corrected chi connectivity index (χ3v) is 4.63. The van der Waals surface area contributed by atoms with Crippen molar-refractivity contribution in [3.05, 3.63) is 0 Å². The lowest BCUT2D eigenvalue weighted by molar-refractivity contribution is -0.132. The Labute approximate surface area is 77.7 Å². The number of hydrogen-bond donors (Lipinski definition) is 0. The Hall–Kier alpha value is 0. The molecule has 0 radical (unpaired) electrons. The summed E-state index contributed by atoms with van der Waals surface area (Å²) in [6, 6.07) is 0. The fraction of sp³-hybridized carbons (Fsp3) is 1.00. The van der Waals surface area contributed by atoms with Gasteiger partial charge in [-0.1, -0.05) is 41.5 Å². The third-order valence-electron chi connectivity index (χ3n) is 4.63. The Kier molecular flexibility index (Phi) is 2.31. The molecule has 0 aromatic heterocycles. The van der Waals surface area contributed by atoms with Gasteiger partial charge in [-0.3, -0.25) is 0 Å². The molecule has 2 atom stereocenters. The van der Waals surface area contributed by atoms with E-state index in [4.69, 9.17) is 0 Å². The molecule has 2 unspecified atom stereocenters. The molecule has 1 fully saturated rings. The van der Waals surface area contributed by atoms with Gasteiger partial charge in [0.05, 0.1) is 0 Å². The summed E-state index contributed by atoms with van der Waals surface area (Å²) in [4.78, 5) is 0. The van der Waals surface area contributed by atoms with Gasteiger partial charge in [0.1, 0.15) is 0 Å². The molecule has 0 heteroatoms. The van der Waals surface area contributed by atoms with Crippen LogP contribution in [0.5, 0.6) is 0 Å². The second kappa shape index (κ2) is 2.75. The van der Waals surface area contributed by atoms with Crippen molar-refractivity contribution < 1.29 is 0 Å². The summed E-state index contributed by atoms with van der Waals surface area (Å²) in [6.45, 7) is 14.4. The predicted molar refractivity (Wildman–Crippen MR) is 55.1 cm³/mol. The molecule has 1 aliphatic carbocycles. The molecule has 1 rings (SSSR count). The van der Waals surface area contributed by atoms with Gasteiger partial charge in [-0.05, 0) is 35.5 Å². The molecular weight excluding hydrogens is 144 g/mol. The maximum atomic E-state index is 2.47. The second-order valence-electron chi connectivity index (χ2n) is 5.71. The van der Waals surface area contributed by atoms with Crippen LogP contribution in [0.15, 0.2) is 0 Å². The van der Waals surface area contributed by atoms with Gasteiger partial charge in [-0.2, -0.15) is 0 Å². The summed E-state index contributed by atoms with van der Waals surface area (Å²) < 4.78 is 0. The SMILES string of the molecule is CCC1(C)C(C(C)C)CC1(C)C. The highest BCUT2D eigenvalue weighted by Gasteiger charge is 2.56. The Balaban J connectivity index is 2.76. The van der Waals surface area contributed by atoms with Crippen molar-refractivity contribution >= 4 is 0 Å². The monoisotopic (exact) mass is 168 g/mol. The van der Waals surface area contributed by atoms with Crippen LogP contribution in [0.3, 0.4) is 0 Å². The van der Waals surface area contributed by atoms with Crippen molar-refractivity contribution in [2.75, 3.05) is 0 Å². The first-order chi connectivity index (χ1) is 5.35. The first-order valence-electron chi connectivity index (χ1n) is 5.35. The number of hydrogen-bond acceptors (Lipinski definition) is 0. The Morgan fingerprint density at radius 2 is 1.75 bits per heavy atom. The molecule has 0 amide bonds. The number of rotatable bonds is 2. The van der Waals surface area contributed by atoms with Gasteiger partial charge in [0, 0.05) is 0 Å². The van der Waals surface area contributed by atoms with Crippen LogP contribution in [0.4, 0.5) is 0 Å². The lowest BCUT2D eigenvalue weighted by atomic mass is 9.43. The van der Waals surface area contributed by atoms with Crippen molar-refractivity contribution in [3.63, 3.8) is 0 Å². The van der Waals surface area contributed by atoms with Crippen molar-refractivity contribution in [1.29, 1.82) is 0 Å². The highest BCUT2D eigenvalue weighted by molar-refractivity contribution is 5.05. The molecule has 0 N–H and O–H groups in total. The van der Waals surface area contributed by atoms with Crippen LogP contribution in [0, 0.1) is 22.7 Å². The van der Waals surface area contributed by atoms with Gasteiger partial charge in [-0.15, -0.1) is 0 Å². The van der Waals surface area contributed by atoms with Gasteiger partial charge >= 0.3 is 0 Å². The van der Waals surface area contributed by atoms with Crippen molar-refractivity contribution in [2.45, 2.75) is 54.4 Å². The largest absolute Gasteiger partial charge is 0.0648 e. The summed E-state index contributed by atoms with van der Waals surface area (Å²) in [7, 11) is 0. The van der Waals surface area contributed by atoms with E-state index in [2.05, 4.69) is 41.5 Å². The average Bonchev–Trinajstić information content (AvgIpc) is 1.98. The summed E-state index contributed by atoms with van der Waals surface area (Å²) in [5.41, 5.74) is 1.18. The molecule has 0 bridgehead atoms. The Morgan fingerprint density at radius 3 is 1.92 bits per heavy atom. The zero-order chi connectivity index (χ0) is 9.57. The molecule has 0 saturated heterocycles. The first kappa shape index (κ1) is 10.1. The molecule has 72 valence electrons. The summed E-state index contributed by atoms with van der Waals surface area (Å²) in [5, 5.41) is 0. The molecule has 0 aromatic rings. The zero-order valence-electron chi connectivity index (χ0n) is 9.57. The molecular formula is C12H24. The van der Waals surface area contributed by atoms with Gasteiger partial charge in [-0.25, -0.2) is 0 Å². The molecule has 12 heavy (non-hydrogen) atoms. The van der Waals surface area contributed by atoms with Gasteiger partial charge in [0.25, 0.3) is 0 Å². The van der Waals surface area contributed by atoms with Crippen LogP contribution in [0.1, 0.15) is 54.4 Å². The summed E-state index contributed by atoms with van der Waals surface area (Å²) in [6.07, 6.45) is 2.76. The normalized spacial score (nSPS) is 39.8. The smallest absolute Gasteiger partial charge is 0.0246 e. The van der Waals surface area contributed by atoms with E-state index in [1.807, 2.05) is 0 Å². The summed E-state index contributed by atoms with van der Waals surface area (Å²) >= 11 is 0. The van der Waals surface area contributed by atoms with Crippen LogP contribution in [0.2, 0.25) is 0 Å². The van der Waals surface area contributed by atoms with Crippen molar-refractivity contribution in [1.82, 2.24) is 0 Å². The zero-order valence-corrected chi connectivity index (χ0v) is 9.57. The van der Waals surface area contributed by atoms with E-state index in [0.29, 0.717) is 10.8 Å². The fourth-order valence-corrected chi connectivity index (χ4v) is 3.09. The lowest BCUT2D eigenvalue weighted by Crippen LogP contribution is -2.54. The maximum absolute atomic E-state index is 2.47. The first-order valence-corrected chi connectivity index (χ1v) is 5.35. The molecule has 1 saturated carbocycles. The molecule has 0 aliphatic heterocycles. The van der Waals surface area contributed by atoms with E-state index in [-0.39, 0.29) is 0 Å². The topological polar surface area (TPSA) is 0 Å². The van der Waals surface area contributed by atoms with Crippen LogP contribution in [0.25, 0.3) is 0 Å². The second-order valence-corrected chi connectivity index (χ2v) is 5.71. The average molecular weight is 168 g/mol. The van der Waals surface area contributed by atoms with Gasteiger partial charge < -0.3 is 0 Å². The maximum Gasteiger partial charge on any atom is -0.0246 e. The Bertz CT molecular complexity index is 167. The lowest BCUT2D eigenvalue weighted by Gasteiger charge is -2.62. The standard InChI is InChI=1S/C12H24/c1-7-12(6)10(9(2)3)8-11(12,4)5/h9-10H,7-8H2,1-6H3. The molecule has 0 heterocycles.